The van der Waals surface area contributed by atoms with Crippen molar-refractivity contribution in [3.63, 3.8) is 0 Å². The molecule has 0 unspecified atom stereocenters. The average Bonchev–Trinajstić information content (AvgIpc) is 2.96. The first-order valence-electron chi connectivity index (χ1n) is 8.97. The number of ether oxygens (including phenoxy) is 2. The number of carbonyl (C=O) groups excluding carboxylic acids is 2. The molecule has 1 aliphatic rings. The summed E-state index contributed by atoms with van der Waals surface area (Å²) < 4.78 is 12.2. The van der Waals surface area contributed by atoms with Gasteiger partial charge in [-0.25, -0.2) is 0 Å². The van der Waals surface area contributed by atoms with Gasteiger partial charge in [0.15, 0.2) is 18.1 Å². The van der Waals surface area contributed by atoms with Crippen LogP contribution in [-0.2, 0) is 9.59 Å². The van der Waals surface area contributed by atoms with E-state index < -0.39 is 0 Å². The molecule has 0 saturated carbocycles. The Morgan fingerprint density at radius 2 is 2.10 bits per heavy atom. The number of anilines is 1. The number of thiocarbonyl (C=S) groups is 1. The number of methoxy groups -OCH3 is 1. The first-order valence-corrected chi connectivity index (χ1v) is 11.4. The third-order valence-electron chi connectivity index (χ3n) is 4.36. The van der Waals surface area contributed by atoms with E-state index in [0.29, 0.717) is 35.9 Å². The lowest BCUT2D eigenvalue weighted by molar-refractivity contribution is -0.121. The molecular weight excluding hydrogens is 524 g/mol. The molecule has 0 aromatic heterocycles. The number of thioether (sulfide) groups is 1. The van der Waals surface area contributed by atoms with Crippen LogP contribution in [0, 0.1) is 6.92 Å². The Labute approximate surface area is 203 Å². The predicted molar refractivity (Wildman–Crippen MR) is 132 cm³/mol. The van der Waals surface area contributed by atoms with Gasteiger partial charge in [0.1, 0.15) is 4.32 Å². The Morgan fingerprint density at radius 3 is 2.74 bits per heavy atom. The van der Waals surface area contributed by atoms with E-state index in [-0.39, 0.29) is 18.4 Å². The smallest absolute Gasteiger partial charge is 0.265 e. The summed E-state index contributed by atoms with van der Waals surface area (Å²) >= 11 is 15.8. The van der Waals surface area contributed by atoms with Crippen molar-refractivity contribution < 1.29 is 19.1 Å². The number of amides is 2. The fourth-order valence-electron chi connectivity index (χ4n) is 2.71. The van der Waals surface area contributed by atoms with E-state index in [0.717, 1.165) is 11.1 Å². The van der Waals surface area contributed by atoms with Crippen molar-refractivity contribution in [3.8, 4) is 11.5 Å². The molecule has 0 aliphatic carbocycles. The Kier molecular flexibility index (Phi) is 7.64. The topological polar surface area (TPSA) is 67.9 Å². The molecule has 1 N–H and O–H groups in total. The van der Waals surface area contributed by atoms with E-state index in [9.17, 15) is 9.59 Å². The minimum Gasteiger partial charge on any atom is -0.493 e. The maximum Gasteiger partial charge on any atom is 0.265 e. The van der Waals surface area contributed by atoms with Crippen molar-refractivity contribution in [1.29, 1.82) is 0 Å². The summed E-state index contributed by atoms with van der Waals surface area (Å²) in [5.74, 6) is 0.299. The Balaban J connectivity index is 1.75. The highest BCUT2D eigenvalue weighted by Crippen LogP contribution is 2.39. The SMILES string of the molecule is COc1cc(/C=C2\SC(=S)N(C)C2=O)cc(Br)c1OCC(=O)Nc1cc(Cl)ccc1C. The van der Waals surface area contributed by atoms with Crippen LogP contribution in [0.25, 0.3) is 6.08 Å². The summed E-state index contributed by atoms with van der Waals surface area (Å²) in [5.41, 5.74) is 2.23. The van der Waals surface area contributed by atoms with E-state index in [1.807, 2.05) is 13.0 Å². The van der Waals surface area contributed by atoms with Crippen LogP contribution in [0.5, 0.6) is 11.5 Å². The number of hydrogen-bond donors (Lipinski definition) is 1. The predicted octanol–water partition coefficient (Wildman–Crippen LogP) is 5.27. The minimum atomic E-state index is -0.338. The molecule has 2 amide bonds. The molecule has 1 saturated heterocycles. The van der Waals surface area contributed by atoms with Crippen LogP contribution in [0.15, 0.2) is 39.7 Å². The maximum atomic E-state index is 12.4. The van der Waals surface area contributed by atoms with Gasteiger partial charge >= 0.3 is 0 Å². The third kappa shape index (κ3) is 5.60. The van der Waals surface area contributed by atoms with Crippen molar-refractivity contribution in [3.05, 3.63) is 55.9 Å². The standard InChI is InChI=1S/C21H18BrClN2O4S2/c1-11-4-5-13(23)9-15(11)24-18(26)10-29-19-14(22)6-12(7-16(19)28-3)8-17-20(27)25(2)21(30)31-17/h4-9H,10H2,1-3H3,(H,24,26)/b17-8-. The van der Waals surface area contributed by atoms with Gasteiger partial charge in [-0.15, -0.1) is 0 Å². The van der Waals surface area contributed by atoms with Crippen LogP contribution in [-0.4, -0.2) is 41.8 Å². The highest BCUT2D eigenvalue weighted by molar-refractivity contribution is 9.10. The van der Waals surface area contributed by atoms with Gasteiger partial charge in [0.05, 0.1) is 16.5 Å². The van der Waals surface area contributed by atoms with Crippen LogP contribution >= 0.6 is 51.5 Å². The number of nitrogens with zero attached hydrogens (tertiary/aromatic N) is 1. The molecular formula is C21H18BrClN2O4S2. The number of rotatable bonds is 6. The van der Waals surface area contributed by atoms with E-state index in [1.54, 1.807) is 37.4 Å². The number of carbonyl (C=O) groups is 2. The van der Waals surface area contributed by atoms with Crippen LogP contribution in [0.1, 0.15) is 11.1 Å². The second-order valence-electron chi connectivity index (χ2n) is 6.57. The largest absolute Gasteiger partial charge is 0.493 e. The number of hydrogen-bond acceptors (Lipinski definition) is 6. The Hall–Kier alpha value is -2.07. The fourth-order valence-corrected chi connectivity index (χ4v) is 4.64. The number of halogens is 2. The van der Waals surface area contributed by atoms with Crippen LogP contribution < -0.4 is 14.8 Å². The molecule has 10 heteroatoms. The van der Waals surface area contributed by atoms with E-state index in [1.165, 1.54) is 23.8 Å². The number of benzene rings is 2. The zero-order valence-corrected chi connectivity index (χ0v) is 20.8. The molecule has 1 aliphatic heterocycles. The Morgan fingerprint density at radius 1 is 1.35 bits per heavy atom. The van der Waals surface area contributed by atoms with Gasteiger partial charge < -0.3 is 14.8 Å². The molecule has 162 valence electrons. The molecule has 3 rings (SSSR count). The lowest BCUT2D eigenvalue weighted by atomic mass is 10.2. The minimum absolute atomic E-state index is 0.154. The summed E-state index contributed by atoms with van der Waals surface area (Å²) in [6.07, 6.45) is 1.73. The second-order valence-corrected chi connectivity index (χ2v) is 9.54. The van der Waals surface area contributed by atoms with E-state index >= 15 is 0 Å². The summed E-state index contributed by atoms with van der Waals surface area (Å²) in [6.45, 7) is 1.65. The van der Waals surface area contributed by atoms with Crippen LogP contribution in [0.3, 0.4) is 0 Å². The zero-order valence-electron chi connectivity index (χ0n) is 16.8. The average molecular weight is 542 g/mol. The van der Waals surface area contributed by atoms with Gasteiger partial charge in [-0.1, -0.05) is 41.6 Å². The molecule has 2 aromatic carbocycles. The monoisotopic (exact) mass is 540 g/mol. The normalized spacial score (nSPS) is 14.9. The lowest BCUT2D eigenvalue weighted by Gasteiger charge is -2.14. The summed E-state index contributed by atoms with van der Waals surface area (Å²) in [5, 5.41) is 3.31. The van der Waals surface area contributed by atoms with Gasteiger partial charge in [0.25, 0.3) is 11.8 Å². The van der Waals surface area contributed by atoms with Gasteiger partial charge in [-0.05, 0) is 64.3 Å². The number of aryl methyl sites for hydroxylation is 1. The first kappa shape index (κ1) is 23.6. The highest BCUT2D eigenvalue weighted by atomic mass is 79.9. The van der Waals surface area contributed by atoms with Crippen LogP contribution in [0.2, 0.25) is 5.02 Å². The fraction of sp³-hybridized carbons (Fsp3) is 0.190. The molecule has 0 radical (unpaired) electrons. The van der Waals surface area contributed by atoms with Gasteiger partial charge in [0.2, 0.25) is 0 Å². The van der Waals surface area contributed by atoms with E-state index in [2.05, 4.69) is 21.2 Å². The quantitative estimate of drug-likeness (QED) is 0.397. The van der Waals surface area contributed by atoms with Crippen molar-refractivity contribution in [2.75, 3.05) is 26.1 Å². The lowest BCUT2D eigenvalue weighted by Crippen LogP contribution is -2.22. The summed E-state index contributed by atoms with van der Waals surface area (Å²) in [6, 6.07) is 8.76. The Bertz CT molecular complexity index is 1110. The molecule has 1 fully saturated rings. The van der Waals surface area contributed by atoms with Gasteiger partial charge in [-0.3, -0.25) is 14.5 Å². The van der Waals surface area contributed by atoms with Crippen molar-refractivity contribution in [2.45, 2.75) is 6.92 Å². The molecule has 2 aromatic rings. The van der Waals surface area contributed by atoms with Crippen LogP contribution in [0.4, 0.5) is 5.69 Å². The second kappa shape index (κ2) is 10.0. The molecule has 31 heavy (non-hydrogen) atoms. The summed E-state index contributed by atoms with van der Waals surface area (Å²) in [7, 11) is 3.14. The van der Waals surface area contributed by atoms with Crippen molar-refractivity contribution in [2.24, 2.45) is 0 Å². The summed E-state index contributed by atoms with van der Waals surface area (Å²) in [4.78, 5) is 26.5. The van der Waals surface area contributed by atoms with Crippen molar-refractivity contribution >= 4 is 79.4 Å². The van der Waals surface area contributed by atoms with Crippen molar-refractivity contribution in [1.82, 2.24) is 4.90 Å². The maximum absolute atomic E-state index is 12.4. The molecule has 1 heterocycles. The third-order valence-corrected chi connectivity index (χ3v) is 6.67. The zero-order chi connectivity index (χ0) is 22.7. The van der Waals surface area contributed by atoms with Gasteiger partial charge in [0, 0.05) is 17.8 Å². The van der Waals surface area contributed by atoms with Gasteiger partial charge in [-0.2, -0.15) is 0 Å². The molecule has 0 atom stereocenters. The molecule has 0 bridgehead atoms. The number of nitrogens with one attached hydrogen (secondary N) is 1. The first-order chi connectivity index (χ1) is 14.7. The molecule has 6 nitrogen and oxygen atoms in total. The highest BCUT2D eigenvalue weighted by Gasteiger charge is 2.28. The van der Waals surface area contributed by atoms with E-state index in [4.69, 9.17) is 33.3 Å². The molecule has 0 spiro atoms. The number of likely N-dealkylation sites (N-methyl/N-ethyl adjacent to an activating group) is 1.